The van der Waals surface area contributed by atoms with Crippen molar-refractivity contribution >= 4 is 38.9 Å². The maximum Gasteiger partial charge on any atom is 0.0541 e. The fraction of sp³-hybridized carbons (Fsp3) is 0.200. The molecule has 0 N–H and O–H groups in total. The quantitative estimate of drug-likeness (QED) is 0.126. The molecule has 308 valence electrons. The van der Waals surface area contributed by atoms with Gasteiger partial charge < -0.3 is 9.47 Å². The van der Waals surface area contributed by atoms with Gasteiger partial charge in [-0.2, -0.15) is 0 Å². The predicted octanol–water partition coefficient (Wildman–Crippen LogP) is 17.3. The Morgan fingerprint density at radius 3 is 1.32 bits per heavy atom. The molecule has 0 amide bonds. The first-order valence-corrected chi connectivity index (χ1v) is 22.4. The summed E-state index contributed by atoms with van der Waals surface area (Å²) < 4.78 is 2.44. The van der Waals surface area contributed by atoms with Gasteiger partial charge in [-0.25, -0.2) is 0 Å². The lowest BCUT2D eigenvalue weighted by Gasteiger charge is -2.26. The van der Waals surface area contributed by atoms with E-state index in [9.17, 15) is 0 Å². The van der Waals surface area contributed by atoms with Crippen molar-refractivity contribution in [3.05, 3.63) is 205 Å². The highest BCUT2D eigenvalue weighted by atomic mass is 15.1. The van der Waals surface area contributed by atoms with E-state index in [-0.39, 0.29) is 5.41 Å². The number of para-hydroxylation sites is 1. The van der Waals surface area contributed by atoms with Gasteiger partial charge in [-0.15, -0.1) is 0 Å². The first kappa shape index (κ1) is 40.7. The monoisotopic (exact) mass is 806 g/mol. The second-order valence-electron chi connectivity index (χ2n) is 18.8. The first-order valence-electron chi connectivity index (χ1n) is 22.4. The highest BCUT2D eigenvalue weighted by Crippen LogP contribution is 2.41. The number of rotatable bonds is 11. The fourth-order valence-corrected chi connectivity index (χ4v) is 9.26. The van der Waals surface area contributed by atoms with E-state index in [0.29, 0.717) is 17.8 Å². The summed E-state index contributed by atoms with van der Waals surface area (Å²) in [5, 5.41) is 2.51. The molecule has 2 heteroatoms. The van der Waals surface area contributed by atoms with Crippen molar-refractivity contribution in [2.75, 3.05) is 4.90 Å². The van der Waals surface area contributed by atoms with Crippen LogP contribution in [0, 0.1) is 11.8 Å². The van der Waals surface area contributed by atoms with Gasteiger partial charge in [-0.05, 0) is 147 Å². The lowest BCUT2D eigenvalue weighted by atomic mass is 9.82. The van der Waals surface area contributed by atoms with Gasteiger partial charge in [0.2, 0.25) is 0 Å². The van der Waals surface area contributed by atoms with Gasteiger partial charge in [0.05, 0.1) is 11.0 Å². The minimum Gasteiger partial charge on any atom is -0.311 e. The van der Waals surface area contributed by atoms with Crippen LogP contribution in [0.5, 0.6) is 0 Å². The minimum absolute atomic E-state index is 0.0867. The third-order valence-electron chi connectivity index (χ3n) is 12.7. The molecule has 0 bridgehead atoms. The molecule has 0 saturated heterocycles. The number of fused-ring (bicyclic) bond motifs is 3. The van der Waals surface area contributed by atoms with Gasteiger partial charge in [0, 0.05) is 33.5 Å². The summed E-state index contributed by atoms with van der Waals surface area (Å²) in [6.07, 6.45) is 1.21. The maximum atomic E-state index is 2.44. The lowest BCUT2D eigenvalue weighted by Crippen LogP contribution is -2.10. The number of hydrogen-bond donors (Lipinski definition) is 0. The molecular formula is C60H58N2. The Hall–Kier alpha value is -6.64. The van der Waals surface area contributed by atoms with Crippen LogP contribution in [-0.4, -0.2) is 4.57 Å². The van der Waals surface area contributed by atoms with E-state index in [2.05, 4.69) is 252 Å². The van der Waals surface area contributed by atoms with E-state index < -0.39 is 0 Å². The van der Waals surface area contributed by atoms with Crippen molar-refractivity contribution in [3.63, 3.8) is 0 Å². The SMILES string of the molecule is CC(C)CC(c1ccc(-c2ccc3c(c2)c2cc(-c4ccc(N(c5ccccc5)c5ccc(-c6ccccc6)cc5)cc4)ccc2n3-c2ccc(C(C)(C)C)cc2)cc1)C(C)C. The number of benzene rings is 8. The van der Waals surface area contributed by atoms with Crippen molar-refractivity contribution in [1.29, 1.82) is 0 Å². The van der Waals surface area contributed by atoms with Gasteiger partial charge in [-0.1, -0.05) is 170 Å². The van der Waals surface area contributed by atoms with Crippen LogP contribution in [0.4, 0.5) is 17.1 Å². The molecule has 0 aliphatic heterocycles. The largest absolute Gasteiger partial charge is 0.311 e. The molecule has 1 aromatic heterocycles. The Kier molecular flexibility index (Phi) is 11.2. The standard InChI is InChI=1S/C60H58N2/c1-41(2)38-55(42(3)4)47-20-18-45(19-21-47)48-26-36-58-56(39-48)57-40-49(27-37-59(57)62(58)54-34-28-50(29-35-54)60(5,6)7)46-24-32-53(33-25-46)61(51-16-12-9-13-17-51)52-30-22-44(23-31-52)43-14-10-8-11-15-43/h8-37,39-42,55H,38H2,1-7H3. The average molecular weight is 807 g/mol. The summed E-state index contributed by atoms with van der Waals surface area (Å²) in [7, 11) is 0. The smallest absolute Gasteiger partial charge is 0.0541 e. The van der Waals surface area contributed by atoms with E-state index in [0.717, 1.165) is 17.1 Å². The third-order valence-corrected chi connectivity index (χ3v) is 12.7. The highest BCUT2D eigenvalue weighted by Gasteiger charge is 2.20. The van der Waals surface area contributed by atoms with Crippen molar-refractivity contribution < 1.29 is 0 Å². The van der Waals surface area contributed by atoms with Crippen LogP contribution in [-0.2, 0) is 5.41 Å². The molecule has 0 saturated carbocycles. The average Bonchev–Trinajstić information content (AvgIpc) is 3.62. The topological polar surface area (TPSA) is 8.17 Å². The maximum absolute atomic E-state index is 2.44. The molecule has 1 atom stereocenters. The van der Waals surface area contributed by atoms with Crippen LogP contribution < -0.4 is 4.90 Å². The van der Waals surface area contributed by atoms with Gasteiger partial charge in [-0.3, -0.25) is 0 Å². The minimum atomic E-state index is 0.0867. The lowest BCUT2D eigenvalue weighted by molar-refractivity contribution is 0.408. The summed E-state index contributed by atoms with van der Waals surface area (Å²) in [5.41, 5.74) is 17.1. The van der Waals surface area contributed by atoms with Crippen molar-refractivity contribution in [1.82, 2.24) is 4.57 Å². The fourth-order valence-electron chi connectivity index (χ4n) is 9.26. The van der Waals surface area contributed by atoms with Crippen LogP contribution in [0.15, 0.2) is 194 Å². The van der Waals surface area contributed by atoms with E-state index in [1.807, 2.05) is 0 Å². The molecule has 2 nitrogen and oxygen atoms in total. The Morgan fingerprint density at radius 2 is 0.855 bits per heavy atom. The van der Waals surface area contributed by atoms with Gasteiger partial charge >= 0.3 is 0 Å². The van der Waals surface area contributed by atoms with E-state index in [4.69, 9.17) is 0 Å². The molecule has 1 heterocycles. The van der Waals surface area contributed by atoms with E-state index >= 15 is 0 Å². The van der Waals surface area contributed by atoms with Gasteiger partial charge in [0.15, 0.2) is 0 Å². The molecule has 1 unspecified atom stereocenters. The highest BCUT2D eigenvalue weighted by molar-refractivity contribution is 6.11. The molecule has 9 aromatic rings. The second-order valence-corrected chi connectivity index (χ2v) is 18.8. The predicted molar refractivity (Wildman–Crippen MR) is 268 cm³/mol. The Balaban J connectivity index is 1.11. The molecule has 62 heavy (non-hydrogen) atoms. The summed E-state index contributed by atoms with van der Waals surface area (Å²) in [6, 6.07) is 71.8. The Morgan fingerprint density at radius 1 is 0.435 bits per heavy atom. The molecule has 0 spiro atoms. The summed E-state index contributed by atoms with van der Waals surface area (Å²) in [6.45, 7) is 16.2. The number of anilines is 3. The molecule has 0 aliphatic carbocycles. The van der Waals surface area contributed by atoms with Crippen molar-refractivity contribution in [3.8, 4) is 39.1 Å². The van der Waals surface area contributed by atoms with Crippen LogP contribution in [0.3, 0.4) is 0 Å². The van der Waals surface area contributed by atoms with Crippen molar-refractivity contribution in [2.45, 2.75) is 66.2 Å². The van der Waals surface area contributed by atoms with E-state index in [1.165, 1.54) is 78.4 Å². The number of aromatic nitrogens is 1. The third kappa shape index (κ3) is 8.23. The molecule has 0 aliphatic rings. The van der Waals surface area contributed by atoms with Crippen LogP contribution in [0.1, 0.15) is 71.9 Å². The van der Waals surface area contributed by atoms with Crippen LogP contribution in [0.2, 0.25) is 0 Å². The van der Waals surface area contributed by atoms with Gasteiger partial charge in [0.1, 0.15) is 0 Å². The first-order chi connectivity index (χ1) is 30.0. The van der Waals surface area contributed by atoms with Crippen molar-refractivity contribution in [2.24, 2.45) is 11.8 Å². The number of hydrogen-bond acceptors (Lipinski definition) is 1. The normalized spacial score (nSPS) is 12.4. The summed E-state index contributed by atoms with van der Waals surface area (Å²) in [5.74, 6) is 1.84. The molecule has 8 aromatic carbocycles. The van der Waals surface area contributed by atoms with Crippen LogP contribution >= 0.6 is 0 Å². The summed E-state index contributed by atoms with van der Waals surface area (Å²) >= 11 is 0. The summed E-state index contributed by atoms with van der Waals surface area (Å²) in [4.78, 5) is 2.33. The second kappa shape index (κ2) is 17.0. The van der Waals surface area contributed by atoms with E-state index in [1.54, 1.807) is 0 Å². The number of nitrogens with zero attached hydrogens (tertiary/aromatic N) is 2. The molecule has 9 rings (SSSR count). The van der Waals surface area contributed by atoms with Gasteiger partial charge in [0.25, 0.3) is 0 Å². The zero-order chi connectivity index (χ0) is 43.0. The zero-order valence-electron chi connectivity index (χ0n) is 37.3. The Bertz CT molecular complexity index is 2910. The zero-order valence-corrected chi connectivity index (χ0v) is 37.3. The Labute approximate surface area is 369 Å². The molecule has 0 radical (unpaired) electrons. The molecule has 0 fully saturated rings. The van der Waals surface area contributed by atoms with Crippen LogP contribution in [0.25, 0.3) is 60.9 Å². The molecular weight excluding hydrogens is 749 g/mol.